The predicted molar refractivity (Wildman–Crippen MR) is 74.8 cm³/mol. The Morgan fingerprint density at radius 3 is 2.79 bits per heavy atom. The first-order chi connectivity index (χ1) is 9.08. The minimum Gasteiger partial charge on any atom is -0.464 e. The number of carbonyl (C=O) groups is 1. The summed E-state index contributed by atoms with van der Waals surface area (Å²) in [5.74, 6) is 1.95. The fourth-order valence-corrected chi connectivity index (χ4v) is 2.52. The topological polar surface area (TPSA) is 45.5 Å². The van der Waals surface area contributed by atoms with E-state index in [0.29, 0.717) is 6.54 Å². The molecule has 0 saturated carbocycles. The van der Waals surface area contributed by atoms with Crippen LogP contribution in [-0.2, 0) is 11.3 Å². The molecule has 1 aromatic heterocycles. The number of nitrogens with one attached hydrogen (secondary N) is 1. The Balaban J connectivity index is 2.04. The van der Waals surface area contributed by atoms with E-state index in [1.54, 1.807) is 0 Å². The Bertz CT molecular complexity index is 420. The third-order valence-electron chi connectivity index (χ3n) is 3.64. The van der Waals surface area contributed by atoms with Crippen molar-refractivity contribution >= 4 is 5.91 Å². The highest BCUT2D eigenvalue weighted by molar-refractivity contribution is 5.82. The summed E-state index contributed by atoms with van der Waals surface area (Å²) >= 11 is 0. The molecule has 1 amide bonds. The molecule has 0 aromatic carbocycles. The third-order valence-corrected chi connectivity index (χ3v) is 3.64. The highest BCUT2D eigenvalue weighted by atomic mass is 16.3. The second-order valence-electron chi connectivity index (χ2n) is 5.57. The molecule has 0 radical (unpaired) electrons. The molecule has 1 atom stereocenters. The lowest BCUT2D eigenvalue weighted by Gasteiger charge is -2.32. The van der Waals surface area contributed by atoms with Gasteiger partial charge in [0.1, 0.15) is 11.5 Å². The second-order valence-corrected chi connectivity index (χ2v) is 5.57. The molecule has 2 heterocycles. The van der Waals surface area contributed by atoms with E-state index in [9.17, 15) is 4.79 Å². The molecule has 1 aromatic rings. The van der Waals surface area contributed by atoms with Crippen molar-refractivity contribution in [1.29, 1.82) is 0 Å². The minimum absolute atomic E-state index is 0.0211. The maximum Gasteiger partial charge on any atom is 0.240 e. The molecule has 4 nitrogen and oxygen atoms in total. The van der Waals surface area contributed by atoms with Crippen LogP contribution < -0.4 is 5.32 Å². The summed E-state index contributed by atoms with van der Waals surface area (Å²) in [5.41, 5.74) is 0. The van der Waals surface area contributed by atoms with Crippen molar-refractivity contribution in [2.45, 2.75) is 58.7 Å². The number of carbonyl (C=O) groups excluding carboxylic acids is 1. The molecule has 1 aliphatic heterocycles. The molecule has 106 valence electrons. The van der Waals surface area contributed by atoms with Gasteiger partial charge in [-0.1, -0.05) is 6.42 Å². The molecular formula is C15H24N2O2. The summed E-state index contributed by atoms with van der Waals surface area (Å²) in [6.07, 6.45) is 3.25. The van der Waals surface area contributed by atoms with Gasteiger partial charge in [-0.15, -0.1) is 0 Å². The molecule has 0 aliphatic carbocycles. The van der Waals surface area contributed by atoms with Gasteiger partial charge in [-0.05, 0) is 52.3 Å². The van der Waals surface area contributed by atoms with Crippen molar-refractivity contribution in [1.82, 2.24) is 10.2 Å². The number of furan rings is 1. The SMILES string of the molecule is Cc1ccc(CN(C(=O)[C@H]2CCCCN2)C(C)C)o1. The van der Waals surface area contributed by atoms with E-state index in [0.717, 1.165) is 30.9 Å². The molecule has 0 bridgehead atoms. The quantitative estimate of drug-likeness (QED) is 0.908. The summed E-state index contributed by atoms with van der Waals surface area (Å²) in [6.45, 7) is 7.53. The van der Waals surface area contributed by atoms with Crippen LogP contribution in [0, 0.1) is 6.92 Å². The Morgan fingerprint density at radius 2 is 2.26 bits per heavy atom. The zero-order valence-corrected chi connectivity index (χ0v) is 12.1. The summed E-state index contributed by atoms with van der Waals surface area (Å²) in [5, 5.41) is 3.32. The van der Waals surface area contributed by atoms with Gasteiger partial charge in [-0.3, -0.25) is 4.79 Å². The van der Waals surface area contributed by atoms with Crippen LogP contribution in [0.5, 0.6) is 0 Å². The lowest BCUT2D eigenvalue weighted by molar-refractivity contribution is -0.136. The average molecular weight is 264 g/mol. The van der Waals surface area contributed by atoms with Crippen LogP contribution in [0.3, 0.4) is 0 Å². The number of piperidine rings is 1. The first-order valence-electron chi connectivity index (χ1n) is 7.17. The molecule has 1 aliphatic rings. The van der Waals surface area contributed by atoms with Gasteiger partial charge in [0.2, 0.25) is 5.91 Å². The van der Waals surface area contributed by atoms with Crippen LogP contribution in [-0.4, -0.2) is 29.4 Å². The van der Waals surface area contributed by atoms with Crippen LogP contribution in [0.1, 0.15) is 44.6 Å². The Labute approximate surface area is 115 Å². The van der Waals surface area contributed by atoms with Gasteiger partial charge in [0.25, 0.3) is 0 Å². The normalized spacial score (nSPS) is 19.7. The Kier molecular flexibility index (Phi) is 4.64. The zero-order chi connectivity index (χ0) is 13.8. The number of nitrogens with zero attached hydrogens (tertiary/aromatic N) is 1. The minimum atomic E-state index is -0.0211. The molecular weight excluding hydrogens is 240 g/mol. The fraction of sp³-hybridized carbons (Fsp3) is 0.667. The van der Waals surface area contributed by atoms with Gasteiger partial charge >= 0.3 is 0 Å². The summed E-state index contributed by atoms with van der Waals surface area (Å²) in [4.78, 5) is 14.5. The molecule has 0 spiro atoms. The van der Waals surface area contributed by atoms with E-state index in [-0.39, 0.29) is 18.0 Å². The van der Waals surface area contributed by atoms with E-state index in [1.165, 1.54) is 6.42 Å². The summed E-state index contributed by atoms with van der Waals surface area (Å²) < 4.78 is 5.59. The third kappa shape index (κ3) is 3.60. The zero-order valence-electron chi connectivity index (χ0n) is 12.1. The largest absolute Gasteiger partial charge is 0.464 e. The second kappa shape index (κ2) is 6.24. The number of amides is 1. The molecule has 4 heteroatoms. The van der Waals surface area contributed by atoms with Crippen LogP contribution in [0.25, 0.3) is 0 Å². The van der Waals surface area contributed by atoms with Crippen molar-refractivity contribution in [3.8, 4) is 0 Å². The fourth-order valence-electron chi connectivity index (χ4n) is 2.52. The van der Waals surface area contributed by atoms with Crippen molar-refractivity contribution in [2.24, 2.45) is 0 Å². The van der Waals surface area contributed by atoms with Crippen LogP contribution in [0.15, 0.2) is 16.5 Å². The molecule has 1 saturated heterocycles. The standard InChI is InChI=1S/C15H24N2O2/c1-11(2)17(10-13-8-7-12(3)19-13)15(18)14-6-4-5-9-16-14/h7-8,11,14,16H,4-6,9-10H2,1-3H3/t14-/m1/s1. The Hall–Kier alpha value is -1.29. The highest BCUT2D eigenvalue weighted by Crippen LogP contribution is 2.16. The van der Waals surface area contributed by atoms with E-state index >= 15 is 0 Å². The van der Waals surface area contributed by atoms with E-state index in [4.69, 9.17) is 4.42 Å². The molecule has 1 fully saturated rings. The molecule has 0 unspecified atom stereocenters. The van der Waals surface area contributed by atoms with Gasteiger partial charge in [0, 0.05) is 6.04 Å². The molecule has 2 rings (SSSR count). The smallest absolute Gasteiger partial charge is 0.240 e. The number of aryl methyl sites for hydroxylation is 1. The monoisotopic (exact) mass is 264 g/mol. The van der Waals surface area contributed by atoms with Gasteiger partial charge < -0.3 is 14.6 Å². The van der Waals surface area contributed by atoms with E-state index in [1.807, 2.05) is 24.0 Å². The molecule has 1 N–H and O–H groups in total. The van der Waals surface area contributed by atoms with Crippen LogP contribution in [0.4, 0.5) is 0 Å². The summed E-state index contributed by atoms with van der Waals surface area (Å²) in [6, 6.07) is 4.05. The van der Waals surface area contributed by atoms with Gasteiger partial charge in [0.05, 0.1) is 12.6 Å². The van der Waals surface area contributed by atoms with Gasteiger partial charge in [-0.2, -0.15) is 0 Å². The highest BCUT2D eigenvalue weighted by Gasteiger charge is 2.27. The van der Waals surface area contributed by atoms with E-state index < -0.39 is 0 Å². The van der Waals surface area contributed by atoms with Crippen molar-refractivity contribution in [3.63, 3.8) is 0 Å². The van der Waals surface area contributed by atoms with Crippen molar-refractivity contribution in [2.75, 3.05) is 6.54 Å². The Morgan fingerprint density at radius 1 is 1.47 bits per heavy atom. The number of hydrogen-bond acceptors (Lipinski definition) is 3. The van der Waals surface area contributed by atoms with E-state index in [2.05, 4.69) is 19.2 Å². The molecule has 19 heavy (non-hydrogen) atoms. The lowest BCUT2D eigenvalue weighted by Crippen LogP contribution is -2.50. The van der Waals surface area contributed by atoms with Crippen molar-refractivity contribution in [3.05, 3.63) is 23.7 Å². The maximum absolute atomic E-state index is 12.6. The van der Waals surface area contributed by atoms with Gasteiger partial charge in [-0.25, -0.2) is 0 Å². The first-order valence-corrected chi connectivity index (χ1v) is 7.17. The summed E-state index contributed by atoms with van der Waals surface area (Å²) in [7, 11) is 0. The van der Waals surface area contributed by atoms with Crippen LogP contribution >= 0.6 is 0 Å². The van der Waals surface area contributed by atoms with Crippen LogP contribution in [0.2, 0.25) is 0 Å². The number of rotatable bonds is 4. The first kappa shape index (κ1) is 14.1. The lowest BCUT2D eigenvalue weighted by atomic mass is 10.0. The predicted octanol–water partition coefficient (Wildman–Crippen LogP) is 2.47. The van der Waals surface area contributed by atoms with Crippen molar-refractivity contribution < 1.29 is 9.21 Å². The average Bonchev–Trinajstić information content (AvgIpc) is 2.81. The number of hydrogen-bond donors (Lipinski definition) is 1. The van der Waals surface area contributed by atoms with Gasteiger partial charge in [0.15, 0.2) is 0 Å². The maximum atomic E-state index is 12.6.